The van der Waals surface area contributed by atoms with Crippen molar-refractivity contribution in [3.05, 3.63) is 42.5 Å². The van der Waals surface area contributed by atoms with Gasteiger partial charge in [-0.25, -0.2) is 0 Å². The van der Waals surface area contributed by atoms with E-state index in [1.165, 1.54) is 0 Å². The monoisotopic (exact) mass is 242 g/mol. The molecular formula is C14H15BO3. The zero-order chi connectivity index (χ0) is 13.1. The van der Waals surface area contributed by atoms with E-state index in [0.29, 0.717) is 11.0 Å². The lowest BCUT2D eigenvalue weighted by Gasteiger charge is -2.00. The molecule has 3 rings (SSSR count). The molecular weight excluding hydrogens is 227 g/mol. The molecule has 1 heterocycles. The lowest BCUT2D eigenvalue weighted by molar-refractivity contribution is 0.426. The summed E-state index contributed by atoms with van der Waals surface area (Å²) in [4.78, 5) is 0. The summed E-state index contributed by atoms with van der Waals surface area (Å²) in [5.74, 6) is 0. The van der Waals surface area contributed by atoms with Crippen LogP contribution in [0.2, 0.25) is 0 Å². The van der Waals surface area contributed by atoms with Crippen LogP contribution in [0.4, 0.5) is 0 Å². The van der Waals surface area contributed by atoms with E-state index in [9.17, 15) is 10.0 Å². The van der Waals surface area contributed by atoms with Gasteiger partial charge in [0.15, 0.2) is 0 Å². The van der Waals surface area contributed by atoms with E-state index in [0.717, 1.165) is 16.4 Å². The Morgan fingerprint density at radius 3 is 2.28 bits per heavy atom. The van der Waals surface area contributed by atoms with Gasteiger partial charge in [-0.1, -0.05) is 44.2 Å². The van der Waals surface area contributed by atoms with Crippen molar-refractivity contribution in [3.63, 3.8) is 0 Å². The number of hydrogen-bond donors (Lipinski definition) is 2. The quantitative estimate of drug-likeness (QED) is 0.643. The number of para-hydroxylation sites is 1. The number of rotatable bonds is 1. The van der Waals surface area contributed by atoms with E-state index in [4.69, 9.17) is 4.42 Å². The zero-order valence-corrected chi connectivity index (χ0v) is 10.4. The Kier molecular flexibility index (Phi) is 3.70. The molecule has 3 aromatic rings. The molecule has 18 heavy (non-hydrogen) atoms. The van der Waals surface area contributed by atoms with E-state index in [1.54, 1.807) is 12.1 Å². The molecule has 2 aromatic carbocycles. The molecule has 0 aliphatic carbocycles. The molecule has 4 heteroatoms. The Hall–Kier alpha value is -1.78. The van der Waals surface area contributed by atoms with Crippen molar-refractivity contribution in [2.45, 2.75) is 13.8 Å². The largest absolute Gasteiger partial charge is 0.489 e. The summed E-state index contributed by atoms with van der Waals surface area (Å²) in [5.41, 5.74) is 1.90. The SMILES string of the molecule is CC.OB(O)c1cccc2oc3ccccc3c12. The lowest BCUT2D eigenvalue weighted by atomic mass is 9.77. The van der Waals surface area contributed by atoms with Crippen LogP contribution in [0.5, 0.6) is 0 Å². The zero-order valence-electron chi connectivity index (χ0n) is 10.4. The van der Waals surface area contributed by atoms with Crippen LogP contribution >= 0.6 is 0 Å². The van der Waals surface area contributed by atoms with Gasteiger partial charge in [-0.3, -0.25) is 0 Å². The van der Waals surface area contributed by atoms with E-state index < -0.39 is 7.12 Å². The van der Waals surface area contributed by atoms with Crippen molar-refractivity contribution in [1.29, 1.82) is 0 Å². The first kappa shape index (κ1) is 12.7. The van der Waals surface area contributed by atoms with E-state index in [-0.39, 0.29) is 0 Å². The van der Waals surface area contributed by atoms with Gasteiger partial charge >= 0.3 is 7.12 Å². The molecule has 3 nitrogen and oxygen atoms in total. The van der Waals surface area contributed by atoms with Crippen LogP contribution in [0.3, 0.4) is 0 Å². The highest BCUT2D eigenvalue weighted by molar-refractivity contribution is 6.62. The Morgan fingerprint density at radius 1 is 0.889 bits per heavy atom. The molecule has 0 spiro atoms. The molecule has 0 atom stereocenters. The summed E-state index contributed by atoms with van der Waals surface area (Å²) in [7, 11) is -1.48. The van der Waals surface area contributed by atoms with Crippen molar-refractivity contribution in [3.8, 4) is 0 Å². The summed E-state index contributed by atoms with van der Waals surface area (Å²) in [6.45, 7) is 4.00. The van der Waals surface area contributed by atoms with E-state index in [1.807, 2.05) is 44.2 Å². The van der Waals surface area contributed by atoms with Gasteiger partial charge in [-0.05, 0) is 17.6 Å². The van der Waals surface area contributed by atoms with Gasteiger partial charge in [0.2, 0.25) is 0 Å². The summed E-state index contributed by atoms with van der Waals surface area (Å²) < 4.78 is 5.62. The molecule has 1 aromatic heterocycles. The number of hydrogen-bond acceptors (Lipinski definition) is 3. The van der Waals surface area contributed by atoms with Gasteiger partial charge in [-0.15, -0.1) is 0 Å². The third-order valence-electron chi connectivity index (χ3n) is 2.71. The van der Waals surface area contributed by atoms with Gasteiger partial charge < -0.3 is 14.5 Å². The average molecular weight is 242 g/mol. The van der Waals surface area contributed by atoms with Crippen molar-refractivity contribution < 1.29 is 14.5 Å². The van der Waals surface area contributed by atoms with E-state index in [2.05, 4.69) is 0 Å². The number of fused-ring (bicyclic) bond motifs is 3. The summed E-state index contributed by atoms with van der Waals surface area (Å²) in [6.07, 6.45) is 0. The minimum Gasteiger partial charge on any atom is -0.456 e. The van der Waals surface area contributed by atoms with Gasteiger partial charge in [0, 0.05) is 10.8 Å². The first-order valence-electron chi connectivity index (χ1n) is 6.03. The predicted molar refractivity (Wildman–Crippen MR) is 74.9 cm³/mol. The van der Waals surface area contributed by atoms with Crippen molar-refractivity contribution in [2.75, 3.05) is 0 Å². The molecule has 92 valence electrons. The Morgan fingerprint density at radius 2 is 1.56 bits per heavy atom. The molecule has 2 N–H and O–H groups in total. The maximum atomic E-state index is 9.31. The highest BCUT2D eigenvalue weighted by Crippen LogP contribution is 2.26. The van der Waals surface area contributed by atoms with Crippen LogP contribution in [-0.4, -0.2) is 17.2 Å². The first-order valence-corrected chi connectivity index (χ1v) is 6.03. The standard InChI is InChI=1S/C12H9BO3.C2H6/c14-13(15)9-5-3-7-11-12(9)8-4-1-2-6-10(8)16-11;1-2/h1-7,14-15H;1-2H3. The smallest absolute Gasteiger partial charge is 0.456 e. The molecule has 0 aliphatic rings. The summed E-state index contributed by atoms with van der Waals surface area (Å²) in [5, 5.41) is 20.3. The molecule has 0 radical (unpaired) electrons. The van der Waals surface area contributed by atoms with Gasteiger partial charge in [0.25, 0.3) is 0 Å². The van der Waals surface area contributed by atoms with Gasteiger partial charge in [0.05, 0.1) is 0 Å². The minimum atomic E-state index is -1.48. The van der Waals surface area contributed by atoms with Crippen LogP contribution < -0.4 is 5.46 Å². The number of furan rings is 1. The lowest BCUT2D eigenvalue weighted by Crippen LogP contribution is -2.30. The second-order valence-electron chi connectivity index (χ2n) is 3.69. The fourth-order valence-corrected chi connectivity index (χ4v) is 2.02. The molecule has 0 aliphatic heterocycles. The van der Waals surface area contributed by atoms with Crippen LogP contribution in [0.15, 0.2) is 46.9 Å². The third-order valence-corrected chi connectivity index (χ3v) is 2.71. The van der Waals surface area contributed by atoms with Crippen LogP contribution in [0.1, 0.15) is 13.8 Å². The second-order valence-corrected chi connectivity index (χ2v) is 3.69. The molecule has 0 saturated heterocycles. The first-order chi connectivity index (χ1) is 8.77. The summed E-state index contributed by atoms with van der Waals surface area (Å²) >= 11 is 0. The Bertz CT molecular complexity index is 658. The van der Waals surface area contributed by atoms with Crippen molar-refractivity contribution in [1.82, 2.24) is 0 Å². The van der Waals surface area contributed by atoms with Gasteiger partial charge in [0.1, 0.15) is 11.2 Å². The maximum Gasteiger partial charge on any atom is 0.489 e. The molecule has 0 bridgehead atoms. The average Bonchev–Trinajstić information content (AvgIpc) is 2.79. The molecule has 0 unspecified atom stereocenters. The highest BCUT2D eigenvalue weighted by Gasteiger charge is 2.18. The highest BCUT2D eigenvalue weighted by atomic mass is 16.4. The van der Waals surface area contributed by atoms with Crippen molar-refractivity contribution >= 4 is 34.5 Å². The predicted octanol–water partition coefficient (Wildman–Crippen LogP) is 2.29. The van der Waals surface area contributed by atoms with Crippen LogP contribution in [0, 0.1) is 0 Å². The van der Waals surface area contributed by atoms with Crippen LogP contribution in [-0.2, 0) is 0 Å². The molecule has 0 amide bonds. The minimum absolute atomic E-state index is 0.474. The van der Waals surface area contributed by atoms with Crippen molar-refractivity contribution in [2.24, 2.45) is 0 Å². The molecule has 0 saturated carbocycles. The third kappa shape index (κ3) is 2.01. The van der Waals surface area contributed by atoms with Gasteiger partial charge in [-0.2, -0.15) is 0 Å². The number of benzene rings is 2. The topological polar surface area (TPSA) is 53.6 Å². The van der Waals surface area contributed by atoms with E-state index >= 15 is 0 Å². The Labute approximate surface area is 106 Å². The summed E-state index contributed by atoms with van der Waals surface area (Å²) in [6, 6.07) is 12.8. The molecule has 0 fully saturated rings. The maximum absolute atomic E-state index is 9.31. The Balaban J connectivity index is 0.000000574. The normalized spacial score (nSPS) is 10.2. The second kappa shape index (κ2) is 5.25. The fourth-order valence-electron chi connectivity index (χ4n) is 2.02. The van der Waals surface area contributed by atoms with Crippen LogP contribution in [0.25, 0.3) is 21.9 Å². The fraction of sp³-hybridized carbons (Fsp3) is 0.143.